The predicted octanol–water partition coefficient (Wildman–Crippen LogP) is 4.33. The maximum Gasteiger partial charge on any atom is 0.267 e. The second kappa shape index (κ2) is 8.49. The molecule has 0 saturated heterocycles. The van der Waals surface area contributed by atoms with Gasteiger partial charge in [0.05, 0.1) is 16.8 Å². The second-order valence-electron chi connectivity index (χ2n) is 6.69. The Kier molecular flexibility index (Phi) is 6.25. The fourth-order valence-corrected chi connectivity index (χ4v) is 5.07. The number of carbonyl (C=O) groups is 1. The van der Waals surface area contributed by atoms with Crippen LogP contribution in [0.15, 0.2) is 34.2 Å². The van der Waals surface area contributed by atoms with E-state index < -0.39 is 0 Å². The first-order valence-electron chi connectivity index (χ1n) is 9.37. The Morgan fingerprint density at radius 1 is 1.14 bits per heavy atom. The molecule has 0 aliphatic heterocycles. The van der Waals surface area contributed by atoms with Gasteiger partial charge in [-0.25, -0.2) is 4.98 Å². The number of aromatic nitrogens is 2. The van der Waals surface area contributed by atoms with E-state index in [0.717, 1.165) is 26.5 Å². The molecule has 3 aromatic rings. The van der Waals surface area contributed by atoms with Crippen molar-refractivity contribution in [3.63, 3.8) is 0 Å². The van der Waals surface area contributed by atoms with E-state index >= 15 is 0 Å². The molecule has 0 fully saturated rings. The topological polar surface area (TPSA) is 55.2 Å². The lowest BCUT2D eigenvalue weighted by Crippen LogP contribution is -2.32. The first kappa shape index (κ1) is 20.6. The molecule has 1 amide bonds. The molecule has 5 nitrogen and oxygen atoms in total. The summed E-state index contributed by atoms with van der Waals surface area (Å²) in [7, 11) is 0. The van der Waals surface area contributed by atoms with Crippen molar-refractivity contribution in [1.29, 1.82) is 0 Å². The number of hydrogen-bond donors (Lipinski definition) is 0. The van der Waals surface area contributed by atoms with E-state index in [9.17, 15) is 9.59 Å². The molecule has 1 aromatic carbocycles. The van der Waals surface area contributed by atoms with Crippen LogP contribution in [0.1, 0.15) is 29.9 Å². The predicted molar refractivity (Wildman–Crippen MR) is 118 cm³/mol. The molecule has 28 heavy (non-hydrogen) atoms. The Morgan fingerprint density at radius 3 is 2.39 bits per heavy atom. The summed E-state index contributed by atoms with van der Waals surface area (Å²) in [6.07, 6.45) is 0. The highest BCUT2D eigenvalue weighted by atomic mass is 32.2. The summed E-state index contributed by atoms with van der Waals surface area (Å²) in [6, 6.07) is 7.81. The highest BCUT2D eigenvalue weighted by molar-refractivity contribution is 7.99. The monoisotopic (exact) mass is 415 g/mol. The Labute approximate surface area is 173 Å². The molecule has 7 heteroatoms. The van der Waals surface area contributed by atoms with Crippen molar-refractivity contribution >= 4 is 39.2 Å². The van der Waals surface area contributed by atoms with Crippen molar-refractivity contribution in [1.82, 2.24) is 14.5 Å². The molecule has 2 heterocycles. The molecule has 0 radical (unpaired) electrons. The van der Waals surface area contributed by atoms with Gasteiger partial charge in [-0.3, -0.25) is 14.2 Å². The van der Waals surface area contributed by atoms with Crippen LogP contribution in [0.3, 0.4) is 0 Å². The fourth-order valence-electron chi connectivity index (χ4n) is 3.09. The quantitative estimate of drug-likeness (QED) is 0.444. The van der Waals surface area contributed by atoms with Gasteiger partial charge in [0.1, 0.15) is 4.83 Å². The molecule has 3 rings (SSSR count). The smallest absolute Gasteiger partial charge is 0.267 e. The summed E-state index contributed by atoms with van der Waals surface area (Å²) in [4.78, 5) is 34.2. The Hall–Kier alpha value is -2.12. The van der Waals surface area contributed by atoms with Gasteiger partial charge >= 0.3 is 0 Å². The standard InChI is InChI=1S/C21H25N3O2S2/c1-6-23(7-2)17(25)12-27-21-22-19-18(14(4)15(5)28-19)20(26)24(21)16-10-8-13(3)9-11-16/h8-11H,6-7,12H2,1-5H3. The minimum atomic E-state index is -0.0755. The third-order valence-electron chi connectivity index (χ3n) is 4.91. The Balaban J connectivity index is 2.12. The highest BCUT2D eigenvalue weighted by Crippen LogP contribution is 2.29. The average Bonchev–Trinajstić information content (AvgIpc) is 2.96. The zero-order chi connectivity index (χ0) is 20.4. The van der Waals surface area contributed by atoms with Crippen LogP contribution in [0.2, 0.25) is 0 Å². The van der Waals surface area contributed by atoms with Gasteiger partial charge < -0.3 is 4.90 Å². The molecular weight excluding hydrogens is 390 g/mol. The number of rotatable bonds is 6. The number of benzene rings is 1. The molecule has 0 unspecified atom stereocenters. The van der Waals surface area contributed by atoms with E-state index in [2.05, 4.69) is 0 Å². The number of thiophene rings is 1. The summed E-state index contributed by atoms with van der Waals surface area (Å²) in [6.45, 7) is 11.3. The van der Waals surface area contributed by atoms with E-state index in [1.807, 2.05) is 58.9 Å². The molecule has 0 bridgehead atoms. The summed E-state index contributed by atoms with van der Waals surface area (Å²) in [5.74, 6) is 0.313. The van der Waals surface area contributed by atoms with Crippen LogP contribution in [-0.2, 0) is 4.79 Å². The van der Waals surface area contributed by atoms with E-state index in [0.29, 0.717) is 23.6 Å². The van der Waals surface area contributed by atoms with E-state index in [1.165, 1.54) is 23.1 Å². The molecule has 148 valence electrons. The largest absolute Gasteiger partial charge is 0.343 e. The van der Waals surface area contributed by atoms with Crippen LogP contribution in [-0.4, -0.2) is 39.2 Å². The molecule has 0 aliphatic rings. The third kappa shape index (κ3) is 3.86. The lowest BCUT2D eigenvalue weighted by molar-refractivity contribution is -0.127. The molecule has 0 saturated carbocycles. The van der Waals surface area contributed by atoms with Crippen LogP contribution in [0.25, 0.3) is 15.9 Å². The Bertz CT molecular complexity index is 1060. The first-order valence-corrected chi connectivity index (χ1v) is 11.2. The second-order valence-corrected chi connectivity index (χ2v) is 8.83. The van der Waals surface area contributed by atoms with E-state index in [-0.39, 0.29) is 17.2 Å². The lowest BCUT2D eigenvalue weighted by Gasteiger charge is -2.18. The van der Waals surface area contributed by atoms with E-state index in [4.69, 9.17) is 4.98 Å². The molecule has 0 N–H and O–H groups in total. The van der Waals surface area contributed by atoms with Crippen LogP contribution in [0.5, 0.6) is 0 Å². The number of fused-ring (bicyclic) bond motifs is 1. The number of aryl methyl sites for hydroxylation is 3. The number of hydrogen-bond acceptors (Lipinski definition) is 5. The van der Waals surface area contributed by atoms with Crippen LogP contribution in [0, 0.1) is 20.8 Å². The fraction of sp³-hybridized carbons (Fsp3) is 0.381. The van der Waals surface area contributed by atoms with Crippen molar-refractivity contribution in [2.45, 2.75) is 39.8 Å². The normalized spacial score (nSPS) is 11.2. The average molecular weight is 416 g/mol. The van der Waals surface area contributed by atoms with Gasteiger partial charge in [-0.15, -0.1) is 11.3 Å². The summed E-state index contributed by atoms with van der Waals surface area (Å²) in [5.41, 5.74) is 2.80. The molecule has 0 atom stereocenters. The van der Waals surface area contributed by atoms with Crippen molar-refractivity contribution in [2.75, 3.05) is 18.8 Å². The number of amides is 1. The first-order chi connectivity index (χ1) is 13.4. The number of carbonyl (C=O) groups excluding carboxylic acids is 1. The van der Waals surface area contributed by atoms with Gasteiger partial charge in [0.2, 0.25) is 5.91 Å². The van der Waals surface area contributed by atoms with Crippen LogP contribution >= 0.6 is 23.1 Å². The van der Waals surface area contributed by atoms with Gasteiger partial charge in [0.25, 0.3) is 5.56 Å². The summed E-state index contributed by atoms with van der Waals surface area (Å²) in [5, 5.41) is 1.23. The van der Waals surface area contributed by atoms with Gasteiger partial charge in [-0.1, -0.05) is 29.5 Å². The molecule has 2 aromatic heterocycles. The van der Waals surface area contributed by atoms with Gasteiger partial charge in [-0.05, 0) is 52.3 Å². The lowest BCUT2D eigenvalue weighted by atomic mass is 10.2. The van der Waals surface area contributed by atoms with Crippen LogP contribution < -0.4 is 5.56 Å². The van der Waals surface area contributed by atoms with Gasteiger partial charge in [-0.2, -0.15) is 0 Å². The zero-order valence-electron chi connectivity index (χ0n) is 16.9. The highest BCUT2D eigenvalue weighted by Gasteiger charge is 2.19. The summed E-state index contributed by atoms with van der Waals surface area (Å²) >= 11 is 2.85. The molecular formula is C21H25N3O2S2. The van der Waals surface area contributed by atoms with Crippen molar-refractivity contribution in [2.24, 2.45) is 0 Å². The van der Waals surface area contributed by atoms with Crippen molar-refractivity contribution < 1.29 is 4.79 Å². The van der Waals surface area contributed by atoms with E-state index in [1.54, 1.807) is 9.47 Å². The van der Waals surface area contributed by atoms with Crippen molar-refractivity contribution in [3.05, 3.63) is 50.6 Å². The number of nitrogens with zero attached hydrogens (tertiary/aromatic N) is 3. The third-order valence-corrected chi connectivity index (χ3v) is 6.93. The maximum absolute atomic E-state index is 13.4. The minimum Gasteiger partial charge on any atom is -0.343 e. The van der Waals surface area contributed by atoms with Crippen LogP contribution in [0.4, 0.5) is 0 Å². The zero-order valence-corrected chi connectivity index (χ0v) is 18.5. The molecule has 0 spiro atoms. The maximum atomic E-state index is 13.4. The van der Waals surface area contributed by atoms with Gasteiger partial charge in [0.15, 0.2) is 5.16 Å². The Morgan fingerprint density at radius 2 is 1.79 bits per heavy atom. The van der Waals surface area contributed by atoms with Crippen molar-refractivity contribution in [3.8, 4) is 5.69 Å². The SMILES string of the molecule is CCN(CC)C(=O)CSc1nc2sc(C)c(C)c2c(=O)n1-c1ccc(C)cc1. The van der Waals surface area contributed by atoms with Gasteiger partial charge in [0, 0.05) is 18.0 Å². The summed E-state index contributed by atoms with van der Waals surface area (Å²) < 4.78 is 1.64. The minimum absolute atomic E-state index is 0.0540. The number of thioether (sulfide) groups is 1. The molecule has 0 aliphatic carbocycles.